The third-order valence-corrected chi connectivity index (χ3v) is 4.33. The summed E-state index contributed by atoms with van der Waals surface area (Å²) in [5.74, 6) is 0.475. The SMILES string of the molecule is CC1CCC(Cn2nnc3cccc(C(=O)O)c32)CC1. The molecule has 1 aromatic heterocycles. The van der Waals surface area contributed by atoms with Gasteiger partial charge in [-0.25, -0.2) is 9.48 Å². The van der Waals surface area contributed by atoms with Crippen LogP contribution in [0.2, 0.25) is 0 Å². The molecule has 1 saturated carbocycles. The van der Waals surface area contributed by atoms with Crippen molar-refractivity contribution >= 4 is 17.0 Å². The first kappa shape index (κ1) is 13.1. The Balaban J connectivity index is 1.90. The van der Waals surface area contributed by atoms with Gasteiger partial charge in [0, 0.05) is 6.54 Å². The van der Waals surface area contributed by atoms with E-state index in [-0.39, 0.29) is 5.56 Å². The lowest BCUT2D eigenvalue weighted by atomic mass is 9.83. The third kappa shape index (κ3) is 2.40. The van der Waals surface area contributed by atoms with Crippen molar-refractivity contribution in [2.75, 3.05) is 0 Å². The van der Waals surface area contributed by atoms with Crippen LogP contribution in [-0.2, 0) is 6.54 Å². The molecule has 1 aromatic carbocycles. The molecule has 2 aromatic rings. The van der Waals surface area contributed by atoms with Crippen molar-refractivity contribution in [2.45, 2.75) is 39.2 Å². The number of carboxylic acid groups (broad SMARTS) is 1. The molecule has 106 valence electrons. The first-order valence-corrected chi connectivity index (χ1v) is 7.20. The van der Waals surface area contributed by atoms with Crippen LogP contribution < -0.4 is 0 Å². The van der Waals surface area contributed by atoms with Crippen LogP contribution in [0.5, 0.6) is 0 Å². The van der Waals surface area contributed by atoms with E-state index in [1.165, 1.54) is 25.7 Å². The van der Waals surface area contributed by atoms with E-state index in [1.807, 2.05) is 6.07 Å². The zero-order chi connectivity index (χ0) is 14.1. The number of fused-ring (bicyclic) bond motifs is 1. The molecule has 5 nitrogen and oxygen atoms in total. The van der Waals surface area contributed by atoms with Gasteiger partial charge in [-0.15, -0.1) is 5.10 Å². The van der Waals surface area contributed by atoms with Crippen molar-refractivity contribution in [1.29, 1.82) is 0 Å². The molecule has 0 saturated heterocycles. The molecular formula is C15H19N3O2. The van der Waals surface area contributed by atoms with Crippen molar-refractivity contribution < 1.29 is 9.90 Å². The third-order valence-electron chi connectivity index (χ3n) is 4.33. The molecule has 0 amide bonds. The molecule has 0 bridgehead atoms. The molecule has 0 spiro atoms. The number of para-hydroxylation sites is 1. The number of rotatable bonds is 3. The van der Waals surface area contributed by atoms with Gasteiger partial charge in [-0.05, 0) is 36.8 Å². The minimum atomic E-state index is -0.920. The highest BCUT2D eigenvalue weighted by atomic mass is 16.4. The lowest BCUT2D eigenvalue weighted by Crippen LogP contribution is -2.19. The Morgan fingerprint density at radius 1 is 1.35 bits per heavy atom. The highest BCUT2D eigenvalue weighted by molar-refractivity contribution is 6.00. The smallest absolute Gasteiger partial charge is 0.337 e. The summed E-state index contributed by atoms with van der Waals surface area (Å²) in [6, 6.07) is 5.15. The van der Waals surface area contributed by atoms with E-state index in [2.05, 4.69) is 17.2 Å². The van der Waals surface area contributed by atoms with Crippen molar-refractivity contribution in [3.05, 3.63) is 23.8 Å². The second-order valence-electron chi connectivity index (χ2n) is 5.88. The standard InChI is InChI=1S/C15H19N3O2/c1-10-5-7-11(8-6-10)9-18-14-12(15(19)20)3-2-4-13(14)16-17-18/h2-4,10-11H,5-9H2,1H3,(H,19,20). The average Bonchev–Trinajstić information content (AvgIpc) is 2.84. The molecule has 1 heterocycles. The Labute approximate surface area is 117 Å². The minimum Gasteiger partial charge on any atom is -0.478 e. The second-order valence-corrected chi connectivity index (χ2v) is 5.88. The van der Waals surface area contributed by atoms with Crippen LogP contribution in [0.4, 0.5) is 0 Å². The first-order chi connectivity index (χ1) is 9.65. The van der Waals surface area contributed by atoms with Gasteiger partial charge < -0.3 is 5.11 Å². The molecule has 0 unspecified atom stereocenters. The fourth-order valence-corrected chi connectivity index (χ4v) is 3.09. The van der Waals surface area contributed by atoms with Gasteiger partial charge in [0.05, 0.1) is 5.56 Å². The molecular weight excluding hydrogens is 254 g/mol. The number of hydrogen-bond acceptors (Lipinski definition) is 3. The molecule has 20 heavy (non-hydrogen) atoms. The van der Waals surface area contributed by atoms with Crippen molar-refractivity contribution in [1.82, 2.24) is 15.0 Å². The highest BCUT2D eigenvalue weighted by Gasteiger charge is 2.21. The summed E-state index contributed by atoms with van der Waals surface area (Å²) in [6.07, 6.45) is 4.89. The van der Waals surface area contributed by atoms with Gasteiger partial charge in [0.15, 0.2) is 0 Å². The Kier molecular flexibility index (Phi) is 3.42. The Morgan fingerprint density at radius 3 is 2.80 bits per heavy atom. The lowest BCUT2D eigenvalue weighted by molar-refractivity contribution is 0.0698. The monoisotopic (exact) mass is 273 g/mol. The fraction of sp³-hybridized carbons (Fsp3) is 0.533. The van der Waals surface area contributed by atoms with E-state index in [4.69, 9.17) is 0 Å². The first-order valence-electron chi connectivity index (χ1n) is 7.20. The van der Waals surface area contributed by atoms with E-state index >= 15 is 0 Å². The van der Waals surface area contributed by atoms with E-state index in [1.54, 1.807) is 16.8 Å². The van der Waals surface area contributed by atoms with E-state index in [0.717, 1.165) is 12.5 Å². The number of carbonyl (C=O) groups is 1. The Bertz CT molecular complexity index is 627. The van der Waals surface area contributed by atoms with Gasteiger partial charge in [-0.1, -0.05) is 31.0 Å². The number of benzene rings is 1. The van der Waals surface area contributed by atoms with Crippen LogP contribution in [0, 0.1) is 11.8 Å². The molecule has 3 rings (SSSR count). The molecule has 0 radical (unpaired) electrons. The summed E-state index contributed by atoms with van der Waals surface area (Å²) in [5, 5.41) is 17.5. The molecule has 1 N–H and O–H groups in total. The van der Waals surface area contributed by atoms with E-state index in [9.17, 15) is 9.90 Å². The van der Waals surface area contributed by atoms with Crippen LogP contribution in [0.15, 0.2) is 18.2 Å². The fourth-order valence-electron chi connectivity index (χ4n) is 3.09. The lowest BCUT2D eigenvalue weighted by Gasteiger charge is -2.26. The molecule has 1 aliphatic carbocycles. The maximum absolute atomic E-state index is 11.3. The van der Waals surface area contributed by atoms with Crippen LogP contribution in [-0.4, -0.2) is 26.1 Å². The normalized spacial score (nSPS) is 23.1. The molecule has 0 atom stereocenters. The highest BCUT2D eigenvalue weighted by Crippen LogP contribution is 2.30. The maximum Gasteiger partial charge on any atom is 0.337 e. The van der Waals surface area contributed by atoms with E-state index in [0.29, 0.717) is 17.0 Å². The van der Waals surface area contributed by atoms with Gasteiger partial charge in [0.2, 0.25) is 0 Å². The van der Waals surface area contributed by atoms with Crippen LogP contribution in [0.3, 0.4) is 0 Å². The number of aromatic nitrogens is 3. The van der Waals surface area contributed by atoms with Crippen molar-refractivity contribution in [3.63, 3.8) is 0 Å². The van der Waals surface area contributed by atoms with Gasteiger partial charge in [0.1, 0.15) is 11.0 Å². The predicted octanol–water partition coefficient (Wildman–Crippen LogP) is 2.96. The Morgan fingerprint density at radius 2 is 2.10 bits per heavy atom. The topological polar surface area (TPSA) is 68.0 Å². The summed E-state index contributed by atoms with van der Waals surface area (Å²) in [6.45, 7) is 3.07. The number of aromatic carboxylic acids is 1. The number of hydrogen-bond donors (Lipinski definition) is 1. The van der Waals surface area contributed by atoms with Crippen LogP contribution in [0.25, 0.3) is 11.0 Å². The van der Waals surface area contributed by atoms with Gasteiger partial charge >= 0.3 is 5.97 Å². The molecule has 1 aliphatic rings. The maximum atomic E-state index is 11.3. The number of nitrogens with zero attached hydrogens (tertiary/aromatic N) is 3. The molecule has 0 aliphatic heterocycles. The van der Waals surface area contributed by atoms with Gasteiger partial charge in [-0.3, -0.25) is 0 Å². The molecule has 5 heteroatoms. The minimum absolute atomic E-state index is 0.289. The summed E-state index contributed by atoms with van der Waals surface area (Å²) >= 11 is 0. The zero-order valence-corrected chi connectivity index (χ0v) is 11.6. The summed E-state index contributed by atoms with van der Waals surface area (Å²) in [5.41, 5.74) is 1.60. The Hall–Kier alpha value is -1.91. The van der Waals surface area contributed by atoms with Crippen molar-refractivity contribution in [3.8, 4) is 0 Å². The summed E-state index contributed by atoms with van der Waals surface area (Å²) < 4.78 is 1.78. The van der Waals surface area contributed by atoms with Crippen molar-refractivity contribution in [2.24, 2.45) is 11.8 Å². The summed E-state index contributed by atoms with van der Waals surface area (Å²) in [4.78, 5) is 11.3. The largest absolute Gasteiger partial charge is 0.478 e. The second kappa shape index (κ2) is 5.23. The summed E-state index contributed by atoms with van der Waals surface area (Å²) in [7, 11) is 0. The average molecular weight is 273 g/mol. The van der Waals surface area contributed by atoms with Gasteiger partial charge in [-0.2, -0.15) is 0 Å². The zero-order valence-electron chi connectivity index (χ0n) is 11.6. The molecule has 1 fully saturated rings. The van der Waals surface area contributed by atoms with E-state index < -0.39 is 5.97 Å². The predicted molar refractivity (Wildman–Crippen MR) is 75.6 cm³/mol. The van der Waals surface area contributed by atoms with Crippen LogP contribution in [0.1, 0.15) is 43.0 Å². The number of carboxylic acids is 1. The van der Waals surface area contributed by atoms with Crippen LogP contribution >= 0.6 is 0 Å². The quantitative estimate of drug-likeness (QED) is 0.933. The van der Waals surface area contributed by atoms with Gasteiger partial charge in [0.25, 0.3) is 0 Å².